The molecular formula is C16H17NO2. The SMILES string of the molecule is Cc1cc(C)c(N=Cc2cc(O)ccc2O)c(C)c1. The van der Waals surface area contributed by atoms with Crippen molar-refractivity contribution in [3.63, 3.8) is 0 Å². The Bertz CT molecular complexity index is 622. The van der Waals surface area contributed by atoms with Crippen LogP contribution in [0.2, 0.25) is 0 Å². The molecule has 0 atom stereocenters. The predicted octanol–water partition coefficient (Wildman–Crippen LogP) is 3.77. The van der Waals surface area contributed by atoms with Crippen LogP contribution in [0.1, 0.15) is 22.3 Å². The zero-order valence-electron chi connectivity index (χ0n) is 11.3. The first-order valence-corrected chi connectivity index (χ1v) is 6.11. The number of aliphatic imine (C=N–C) groups is 1. The van der Waals surface area contributed by atoms with Gasteiger partial charge in [-0.1, -0.05) is 17.7 Å². The predicted molar refractivity (Wildman–Crippen MR) is 77.7 cm³/mol. The van der Waals surface area contributed by atoms with E-state index >= 15 is 0 Å². The minimum absolute atomic E-state index is 0.101. The van der Waals surface area contributed by atoms with E-state index in [0.29, 0.717) is 5.56 Å². The third kappa shape index (κ3) is 2.94. The van der Waals surface area contributed by atoms with E-state index in [-0.39, 0.29) is 11.5 Å². The molecule has 2 aromatic carbocycles. The molecule has 0 radical (unpaired) electrons. The third-order valence-electron chi connectivity index (χ3n) is 2.98. The van der Waals surface area contributed by atoms with Crippen molar-refractivity contribution in [3.05, 3.63) is 52.6 Å². The van der Waals surface area contributed by atoms with Gasteiger partial charge in [0.1, 0.15) is 11.5 Å². The van der Waals surface area contributed by atoms with Gasteiger partial charge < -0.3 is 10.2 Å². The summed E-state index contributed by atoms with van der Waals surface area (Å²) >= 11 is 0. The topological polar surface area (TPSA) is 52.8 Å². The van der Waals surface area contributed by atoms with E-state index in [1.165, 1.54) is 23.8 Å². The lowest BCUT2D eigenvalue weighted by Gasteiger charge is -2.06. The maximum absolute atomic E-state index is 9.69. The summed E-state index contributed by atoms with van der Waals surface area (Å²) in [6, 6.07) is 8.52. The van der Waals surface area contributed by atoms with Gasteiger partial charge in [0.15, 0.2) is 0 Å². The van der Waals surface area contributed by atoms with E-state index in [9.17, 15) is 10.2 Å². The summed E-state index contributed by atoms with van der Waals surface area (Å²) in [5.41, 5.74) is 4.78. The number of nitrogens with zero attached hydrogens (tertiary/aromatic N) is 1. The smallest absolute Gasteiger partial charge is 0.124 e. The van der Waals surface area contributed by atoms with Gasteiger partial charge in [-0.25, -0.2) is 0 Å². The van der Waals surface area contributed by atoms with Crippen LogP contribution >= 0.6 is 0 Å². The maximum Gasteiger partial charge on any atom is 0.124 e. The van der Waals surface area contributed by atoms with Gasteiger partial charge in [0.05, 0.1) is 5.69 Å². The van der Waals surface area contributed by atoms with Gasteiger partial charge in [-0.3, -0.25) is 4.99 Å². The molecule has 0 aliphatic carbocycles. The summed E-state index contributed by atoms with van der Waals surface area (Å²) in [7, 11) is 0. The molecule has 0 unspecified atom stereocenters. The molecule has 3 heteroatoms. The van der Waals surface area contributed by atoms with Gasteiger partial charge in [-0.05, 0) is 50.1 Å². The summed E-state index contributed by atoms with van der Waals surface area (Å²) in [4.78, 5) is 4.42. The van der Waals surface area contributed by atoms with Crippen LogP contribution in [0.3, 0.4) is 0 Å². The molecule has 0 amide bonds. The number of hydrogen-bond donors (Lipinski definition) is 2. The molecule has 0 fully saturated rings. The molecule has 0 spiro atoms. The molecule has 3 nitrogen and oxygen atoms in total. The van der Waals surface area contributed by atoms with Crippen LogP contribution in [0.4, 0.5) is 5.69 Å². The highest BCUT2D eigenvalue weighted by molar-refractivity contribution is 5.86. The summed E-state index contributed by atoms with van der Waals surface area (Å²) in [6.45, 7) is 6.07. The maximum atomic E-state index is 9.69. The number of aromatic hydroxyl groups is 2. The van der Waals surface area contributed by atoms with Crippen molar-refractivity contribution in [2.75, 3.05) is 0 Å². The Hall–Kier alpha value is -2.29. The Labute approximate surface area is 112 Å². The zero-order valence-corrected chi connectivity index (χ0v) is 11.3. The van der Waals surface area contributed by atoms with Gasteiger partial charge in [0.2, 0.25) is 0 Å². The van der Waals surface area contributed by atoms with Crippen molar-refractivity contribution in [2.45, 2.75) is 20.8 Å². The van der Waals surface area contributed by atoms with Gasteiger partial charge >= 0.3 is 0 Å². The largest absolute Gasteiger partial charge is 0.508 e. The van der Waals surface area contributed by atoms with Crippen LogP contribution in [0.25, 0.3) is 0 Å². The highest BCUT2D eigenvalue weighted by Gasteiger charge is 2.03. The fourth-order valence-electron chi connectivity index (χ4n) is 2.16. The second-order valence-electron chi connectivity index (χ2n) is 4.75. The number of hydrogen-bond acceptors (Lipinski definition) is 3. The van der Waals surface area contributed by atoms with Crippen molar-refractivity contribution in [1.82, 2.24) is 0 Å². The van der Waals surface area contributed by atoms with Crippen molar-refractivity contribution in [2.24, 2.45) is 4.99 Å². The fraction of sp³-hybridized carbons (Fsp3) is 0.188. The molecule has 0 saturated heterocycles. The van der Waals surface area contributed by atoms with E-state index in [2.05, 4.69) is 24.0 Å². The minimum Gasteiger partial charge on any atom is -0.508 e. The Morgan fingerprint density at radius 3 is 2.21 bits per heavy atom. The molecule has 2 rings (SSSR count). The van der Waals surface area contributed by atoms with Gasteiger partial charge in [0.25, 0.3) is 0 Å². The second-order valence-corrected chi connectivity index (χ2v) is 4.75. The van der Waals surface area contributed by atoms with Crippen LogP contribution in [0.15, 0.2) is 35.3 Å². The van der Waals surface area contributed by atoms with Crippen LogP contribution in [0, 0.1) is 20.8 Å². The highest BCUT2D eigenvalue weighted by Crippen LogP contribution is 2.26. The van der Waals surface area contributed by atoms with E-state index in [0.717, 1.165) is 16.8 Å². The lowest BCUT2D eigenvalue weighted by atomic mass is 10.1. The summed E-state index contributed by atoms with van der Waals surface area (Å²) in [5, 5.41) is 19.1. The lowest BCUT2D eigenvalue weighted by molar-refractivity contribution is 0.459. The summed E-state index contributed by atoms with van der Waals surface area (Å²) < 4.78 is 0. The number of rotatable bonds is 2. The average molecular weight is 255 g/mol. The van der Waals surface area contributed by atoms with Gasteiger partial charge in [0, 0.05) is 11.8 Å². The fourth-order valence-corrected chi connectivity index (χ4v) is 2.16. The van der Waals surface area contributed by atoms with Crippen LogP contribution in [0.5, 0.6) is 11.5 Å². The quantitative estimate of drug-likeness (QED) is 0.634. The van der Waals surface area contributed by atoms with E-state index in [4.69, 9.17) is 0 Å². The third-order valence-corrected chi connectivity index (χ3v) is 2.98. The van der Waals surface area contributed by atoms with Crippen molar-refractivity contribution >= 4 is 11.9 Å². The molecule has 19 heavy (non-hydrogen) atoms. The standard InChI is InChI=1S/C16H17NO2/c1-10-6-11(2)16(12(3)7-10)17-9-13-8-14(18)4-5-15(13)19/h4-9,18-19H,1-3H3. The van der Waals surface area contributed by atoms with E-state index in [1.807, 2.05) is 13.8 Å². The molecule has 0 aromatic heterocycles. The molecular weight excluding hydrogens is 238 g/mol. The van der Waals surface area contributed by atoms with Crippen molar-refractivity contribution in [3.8, 4) is 11.5 Å². The molecule has 0 aliphatic heterocycles. The van der Waals surface area contributed by atoms with Crippen molar-refractivity contribution < 1.29 is 10.2 Å². The van der Waals surface area contributed by atoms with Crippen molar-refractivity contribution in [1.29, 1.82) is 0 Å². The molecule has 2 N–H and O–H groups in total. The Morgan fingerprint density at radius 2 is 1.58 bits per heavy atom. The minimum atomic E-state index is 0.101. The van der Waals surface area contributed by atoms with Gasteiger partial charge in [-0.15, -0.1) is 0 Å². The van der Waals surface area contributed by atoms with Crippen LogP contribution in [-0.2, 0) is 0 Å². The Morgan fingerprint density at radius 1 is 0.947 bits per heavy atom. The number of aryl methyl sites for hydroxylation is 3. The first-order valence-electron chi connectivity index (χ1n) is 6.11. The van der Waals surface area contributed by atoms with Crippen LogP contribution in [-0.4, -0.2) is 16.4 Å². The summed E-state index contributed by atoms with van der Waals surface area (Å²) in [6.07, 6.45) is 1.57. The van der Waals surface area contributed by atoms with Gasteiger partial charge in [-0.2, -0.15) is 0 Å². The van der Waals surface area contributed by atoms with Crippen LogP contribution < -0.4 is 0 Å². The normalized spacial score (nSPS) is 11.1. The molecule has 0 saturated carbocycles. The lowest BCUT2D eigenvalue weighted by Crippen LogP contribution is -1.86. The Balaban J connectivity index is 2.41. The molecule has 0 heterocycles. The highest BCUT2D eigenvalue weighted by atomic mass is 16.3. The number of phenols is 2. The molecule has 0 aliphatic rings. The Kier molecular flexibility index (Phi) is 3.56. The number of benzene rings is 2. The van der Waals surface area contributed by atoms with E-state index in [1.54, 1.807) is 6.21 Å². The second kappa shape index (κ2) is 5.14. The number of phenolic OH excluding ortho intramolecular Hbond substituents is 2. The molecule has 98 valence electrons. The first kappa shape index (κ1) is 13.1. The molecule has 0 bridgehead atoms. The monoisotopic (exact) mass is 255 g/mol. The first-order chi connectivity index (χ1) is 8.97. The zero-order chi connectivity index (χ0) is 14.0. The van der Waals surface area contributed by atoms with E-state index < -0.39 is 0 Å². The summed E-state index contributed by atoms with van der Waals surface area (Å²) in [5.74, 6) is 0.209. The average Bonchev–Trinajstić information content (AvgIpc) is 2.32. The molecule has 2 aromatic rings.